The smallest absolute Gasteiger partial charge is 0.408 e. The molecule has 0 radical (unpaired) electrons. The predicted octanol–water partition coefficient (Wildman–Crippen LogP) is 3.52. The van der Waals surface area contributed by atoms with Crippen LogP contribution in [0.3, 0.4) is 0 Å². The molecule has 0 aromatic heterocycles. The molecular formula is C17H29NO4. The average Bonchev–Trinajstić information content (AvgIpc) is 3.22. The van der Waals surface area contributed by atoms with Crippen molar-refractivity contribution in [1.82, 2.24) is 4.90 Å². The SMILES string of the molecule is CC(C)(C)COC(=O)[C@@H]1CCC(CC2CC2)CCN1C(=O)O. The highest BCUT2D eigenvalue weighted by Gasteiger charge is 2.36. The highest BCUT2D eigenvalue weighted by atomic mass is 16.5. The van der Waals surface area contributed by atoms with E-state index in [2.05, 4.69) is 0 Å². The van der Waals surface area contributed by atoms with Gasteiger partial charge in [-0.15, -0.1) is 0 Å². The topological polar surface area (TPSA) is 66.8 Å². The van der Waals surface area contributed by atoms with Gasteiger partial charge in [-0.2, -0.15) is 0 Å². The molecule has 1 amide bonds. The van der Waals surface area contributed by atoms with E-state index in [4.69, 9.17) is 4.74 Å². The monoisotopic (exact) mass is 311 g/mol. The van der Waals surface area contributed by atoms with Crippen LogP contribution in [0.25, 0.3) is 0 Å². The lowest BCUT2D eigenvalue weighted by molar-refractivity contribution is -0.152. The third-order valence-electron chi connectivity index (χ3n) is 4.53. The van der Waals surface area contributed by atoms with Crippen molar-refractivity contribution in [2.45, 2.75) is 65.3 Å². The Hall–Kier alpha value is -1.26. The minimum Gasteiger partial charge on any atom is -0.465 e. The minimum absolute atomic E-state index is 0.108. The van der Waals surface area contributed by atoms with E-state index in [1.54, 1.807) is 0 Å². The van der Waals surface area contributed by atoms with Crippen LogP contribution < -0.4 is 0 Å². The molecule has 2 atom stereocenters. The summed E-state index contributed by atoms with van der Waals surface area (Å²) in [4.78, 5) is 25.1. The van der Waals surface area contributed by atoms with Gasteiger partial charge in [-0.25, -0.2) is 9.59 Å². The van der Waals surface area contributed by atoms with Gasteiger partial charge in [0, 0.05) is 6.54 Å². The number of nitrogens with zero attached hydrogens (tertiary/aromatic N) is 1. The first-order chi connectivity index (χ1) is 10.3. The molecule has 0 aromatic carbocycles. The second kappa shape index (κ2) is 6.88. The number of hydrogen-bond acceptors (Lipinski definition) is 3. The van der Waals surface area contributed by atoms with Crippen molar-refractivity contribution in [3.8, 4) is 0 Å². The number of esters is 1. The quantitative estimate of drug-likeness (QED) is 0.807. The third kappa shape index (κ3) is 5.18. The molecule has 5 heteroatoms. The summed E-state index contributed by atoms with van der Waals surface area (Å²) in [6.07, 6.45) is 5.20. The number of ether oxygens (including phenoxy) is 1. The predicted molar refractivity (Wildman–Crippen MR) is 83.6 cm³/mol. The van der Waals surface area contributed by atoms with Crippen LogP contribution in [-0.2, 0) is 9.53 Å². The molecule has 1 N–H and O–H groups in total. The van der Waals surface area contributed by atoms with Gasteiger partial charge in [0.15, 0.2) is 0 Å². The molecule has 1 aliphatic heterocycles. The lowest BCUT2D eigenvalue weighted by atomic mass is 9.93. The van der Waals surface area contributed by atoms with Crippen LogP contribution in [0.5, 0.6) is 0 Å². The van der Waals surface area contributed by atoms with Crippen molar-refractivity contribution < 1.29 is 19.4 Å². The first-order valence-electron chi connectivity index (χ1n) is 8.42. The van der Waals surface area contributed by atoms with Crippen LogP contribution in [0.15, 0.2) is 0 Å². The number of rotatable bonds is 4. The molecule has 2 rings (SSSR count). The van der Waals surface area contributed by atoms with E-state index in [-0.39, 0.29) is 11.4 Å². The Labute approximate surface area is 133 Å². The summed E-state index contributed by atoms with van der Waals surface area (Å²) in [5.41, 5.74) is -0.108. The van der Waals surface area contributed by atoms with Gasteiger partial charge >= 0.3 is 12.1 Å². The van der Waals surface area contributed by atoms with E-state index in [1.807, 2.05) is 20.8 Å². The summed E-state index contributed by atoms with van der Waals surface area (Å²) >= 11 is 0. The second-order valence-electron chi connectivity index (χ2n) is 8.07. The maximum absolute atomic E-state index is 12.3. The molecule has 22 heavy (non-hydrogen) atoms. The lowest BCUT2D eigenvalue weighted by Crippen LogP contribution is -2.45. The van der Waals surface area contributed by atoms with Gasteiger partial charge in [-0.3, -0.25) is 4.90 Å². The third-order valence-corrected chi connectivity index (χ3v) is 4.53. The van der Waals surface area contributed by atoms with Gasteiger partial charge in [0.2, 0.25) is 0 Å². The molecule has 1 aliphatic carbocycles. The zero-order chi connectivity index (χ0) is 16.3. The second-order valence-corrected chi connectivity index (χ2v) is 8.07. The van der Waals surface area contributed by atoms with Crippen molar-refractivity contribution >= 4 is 12.1 Å². The number of carboxylic acid groups (broad SMARTS) is 1. The van der Waals surface area contributed by atoms with E-state index in [0.717, 1.165) is 18.8 Å². The Morgan fingerprint density at radius 1 is 1.09 bits per heavy atom. The molecule has 1 saturated heterocycles. The molecule has 0 aromatic rings. The summed E-state index contributed by atoms with van der Waals surface area (Å²) in [7, 11) is 0. The number of carbonyl (C=O) groups is 2. The van der Waals surface area contributed by atoms with Gasteiger partial charge < -0.3 is 9.84 Å². The van der Waals surface area contributed by atoms with E-state index in [1.165, 1.54) is 24.2 Å². The summed E-state index contributed by atoms with van der Waals surface area (Å²) in [5, 5.41) is 9.41. The van der Waals surface area contributed by atoms with Gasteiger partial charge in [-0.05, 0) is 42.9 Å². The van der Waals surface area contributed by atoms with Gasteiger partial charge in [0.25, 0.3) is 0 Å². The van der Waals surface area contributed by atoms with Crippen LogP contribution >= 0.6 is 0 Å². The standard InChI is InChI=1S/C17H29NO4/c1-17(2,3)11-22-15(19)14-7-6-13(10-12-4-5-12)8-9-18(14)16(20)21/h12-14H,4-11H2,1-3H3,(H,20,21)/t13?,14-/m0/s1. The van der Waals surface area contributed by atoms with Crippen molar-refractivity contribution in [3.63, 3.8) is 0 Å². The molecule has 2 fully saturated rings. The van der Waals surface area contributed by atoms with Crippen molar-refractivity contribution in [2.75, 3.05) is 13.2 Å². The van der Waals surface area contributed by atoms with E-state index < -0.39 is 12.1 Å². The van der Waals surface area contributed by atoms with Crippen LogP contribution in [0.4, 0.5) is 4.79 Å². The highest BCUT2D eigenvalue weighted by molar-refractivity contribution is 5.80. The van der Waals surface area contributed by atoms with Crippen molar-refractivity contribution in [1.29, 1.82) is 0 Å². The Balaban J connectivity index is 1.95. The summed E-state index contributed by atoms with van der Waals surface area (Å²) in [6.45, 7) is 6.75. The largest absolute Gasteiger partial charge is 0.465 e. The molecule has 1 heterocycles. The fraction of sp³-hybridized carbons (Fsp3) is 0.882. The summed E-state index contributed by atoms with van der Waals surface area (Å²) in [6, 6.07) is -0.635. The van der Waals surface area contributed by atoms with E-state index in [9.17, 15) is 14.7 Å². The Morgan fingerprint density at radius 3 is 2.23 bits per heavy atom. The van der Waals surface area contributed by atoms with Crippen LogP contribution in [0.1, 0.15) is 59.3 Å². The van der Waals surface area contributed by atoms with E-state index >= 15 is 0 Å². The maximum Gasteiger partial charge on any atom is 0.408 e. The minimum atomic E-state index is -1.01. The van der Waals surface area contributed by atoms with Crippen LogP contribution in [-0.4, -0.2) is 41.3 Å². The van der Waals surface area contributed by atoms with Gasteiger partial charge in [0.1, 0.15) is 6.04 Å². The molecule has 2 aliphatic rings. The zero-order valence-electron chi connectivity index (χ0n) is 14.0. The maximum atomic E-state index is 12.3. The molecule has 1 saturated carbocycles. The van der Waals surface area contributed by atoms with Crippen LogP contribution in [0.2, 0.25) is 0 Å². The number of likely N-dealkylation sites (tertiary alicyclic amines) is 1. The molecule has 1 unspecified atom stereocenters. The fourth-order valence-electron chi connectivity index (χ4n) is 3.09. The first kappa shape index (κ1) is 17.1. The van der Waals surface area contributed by atoms with Crippen molar-refractivity contribution in [2.24, 2.45) is 17.3 Å². The Kier molecular flexibility index (Phi) is 5.35. The average molecular weight is 311 g/mol. The highest BCUT2D eigenvalue weighted by Crippen LogP contribution is 2.39. The molecular weight excluding hydrogens is 282 g/mol. The summed E-state index contributed by atoms with van der Waals surface area (Å²) < 4.78 is 5.37. The number of hydrogen-bond donors (Lipinski definition) is 1. The number of amides is 1. The normalized spacial score (nSPS) is 26.4. The Morgan fingerprint density at radius 2 is 1.68 bits per heavy atom. The fourth-order valence-corrected chi connectivity index (χ4v) is 3.09. The van der Waals surface area contributed by atoms with Gasteiger partial charge in [-0.1, -0.05) is 33.6 Å². The van der Waals surface area contributed by atoms with Gasteiger partial charge in [0.05, 0.1) is 6.61 Å². The molecule has 0 bridgehead atoms. The van der Waals surface area contributed by atoms with Crippen molar-refractivity contribution in [3.05, 3.63) is 0 Å². The summed E-state index contributed by atoms with van der Waals surface area (Å²) in [5.74, 6) is 1.01. The zero-order valence-corrected chi connectivity index (χ0v) is 14.0. The molecule has 126 valence electrons. The molecule has 0 spiro atoms. The Bertz CT molecular complexity index is 411. The number of carbonyl (C=O) groups excluding carboxylic acids is 1. The van der Waals surface area contributed by atoms with Crippen LogP contribution in [0, 0.1) is 17.3 Å². The molecule has 5 nitrogen and oxygen atoms in total. The lowest BCUT2D eigenvalue weighted by Gasteiger charge is -2.27. The van der Waals surface area contributed by atoms with E-state index in [0.29, 0.717) is 25.5 Å². The first-order valence-corrected chi connectivity index (χ1v) is 8.42.